The van der Waals surface area contributed by atoms with E-state index in [9.17, 15) is 0 Å². The van der Waals surface area contributed by atoms with Crippen molar-refractivity contribution in [2.24, 2.45) is 0 Å². The largest absolute Gasteiger partial charge is 0.380 e. The predicted octanol–water partition coefficient (Wildman–Crippen LogP) is 3.57. The molecule has 110 valence electrons. The van der Waals surface area contributed by atoms with Crippen molar-refractivity contribution in [1.29, 1.82) is 0 Å². The average Bonchev–Trinajstić information content (AvgIpc) is 2.79. The molecule has 2 aromatic rings. The second-order valence-corrected chi connectivity index (χ2v) is 6.20. The molecule has 0 saturated carbocycles. The Morgan fingerprint density at radius 1 is 1.20 bits per heavy atom. The van der Waals surface area contributed by atoms with Crippen LogP contribution in [-0.4, -0.2) is 23.3 Å². The topological polar surface area (TPSA) is 26.2 Å². The maximum Gasteiger partial charge on any atom is 0.0645 e. The van der Waals surface area contributed by atoms with Crippen LogP contribution in [-0.2, 0) is 17.8 Å². The minimum Gasteiger partial charge on any atom is -0.380 e. The summed E-state index contributed by atoms with van der Waals surface area (Å²) in [6, 6.07) is 8.85. The van der Waals surface area contributed by atoms with E-state index < -0.39 is 0 Å². The molecule has 1 N–H and O–H groups in total. The number of aromatic nitrogens is 1. The first-order valence-electron chi connectivity index (χ1n) is 7.40. The highest BCUT2D eigenvalue weighted by Crippen LogP contribution is 2.18. The summed E-state index contributed by atoms with van der Waals surface area (Å²) >= 11 is 0. The van der Waals surface area contributed by atoms with E-state index >= 15 is 0 Å². The van der Waals surface area contributed by atoms with Crippen molar-refractivity contribution >= 4 is 10.9 Å². The molecule has 1 aromatic carbocycles. The number of nitrogens with one attached hydrogen (secondary N) is 1. The molecule has 0 atom stereocenters. The molecule has 0 aliphatic rings. The molecule has 0 amide bonds. The summed E-state index contributed by atoms with van der Waals surface area (Å²) in [5.74, 6) is 0. The van der Waals surface area contributed by atoms with Crippen molar-refractivity contribution in [3.8, 4) is 0 Å². The Morgan fingerprint density at radius 3 is 2.70 bits per heavy atom. The summed E-state index contributed by atoms with van der Waals surface area (Å²) < 4.78 is 7.71. The maximum absolute atomic E-state index is 5.44. The summed E-state index contributed by atoms with van der Waals surface area (Å²) in [7, 11) is 0. The smallest absolute Gasteiger partial charge is 0.0645 e. The third kappa shape index (κ3) is 4.09. The minimum absolute atomic E-state index is 0.145. The van der Waals surface area contributed by atoms with Gasteiger partial charge in [0.1, 0.15) is 0 Å². The summed E-state index contributed by atoms with van der Waals surface area (Å²) in [5, 5.41) is 4.83. The first-order valence-corrected chi connectivity index (χ1v) is 7.40. The first-order chi connectivity index (χ1) is 9.49. The van der Waals surface area contributed by atoms with Crippen molar-refractivity contribution < 1.29 is 4.74 Å². The zero-order chi connectivity index (χ0) is 14.6. The molecule has 0 unspecified atom stereocenters. The van der Waals surface area contributed by atoms with E-state index in [0.29, 0.717) is 0 Å². The molecule has 0 spiro atoms. The fourth-order valence-corrected chi connectivity index (χ4v) is 2.21. The Bertz CT molecular complexity index is 552. The molecule has 0 bridgehead atoms. The average molecular weight is 274 g/mol. The number of ether oxygens (including phenoxy) is 1. The summed E-state index contributed by atoms with van der Waals surface area (Å²) in [4.78, 5) is 0. The van der Waals surface area contributed by atoms with Gasteiger partial charge in [-0.1, -0.05) is 12.1 Å². The van der Waals surface area contributed by atoms with Gasteiger partial charge < -0.3 is 14.6 Å². The Kier molecular flexibility index (Phi) is 4.84. The van der Waals surface area contributed by atoms with Crippen LogP contribution in [0.25, 0.3) is 10.9 Å². The van der Waals surface area contributed by atoms with Crippen LogP contribution in [0.15, 0.2) is 30.5 Å². The van der Waals surface area contributed by atoms with Gasteiger partial charge in [0.2, 0.25) is 0 Å². The van der Waals surface area contributed by atoms with Crippen LogP contribution in [0.1, 0.15) is 33.3 Å². The third-order valence-corrected chi connectivity index (χ3v) is 3.34. The zero-order valence-electron chi connectivity index (χ0n) is 13.1. The van der Waals surface area contributed by atoms with Gasteiger partial charge in [0.05, 0.1) is 6.61 Å². The van der Waals surface area contributed by atoms with Crippen LogP contribution in [0.3, 0.4) is 0 Å². The number of rotatable bonds is 6. The maximum atomic E-state index is 5.44. The highest BCUT2D eigenvalue weighted by molar-refractivity contribution is 5.80. The van der Waals surface area contributed by atoms with Crippen molar-refractivity contribution in [2.75, 3.05) is 13.2 Å². The lowest BCUT2D eigenvalue weighted by molar-refractivity contribution is 0.140. The van der Waals surface area contributed by atoms with Crippen LogP contribution in [0.4, 0.5) is 0 Å². The molecule has 1 aromatic heterocycles. The second-order valence-electron chi connectivity index (χ2n) is 6.20. The molecule has 0 fully saturated rings. The number of nitrogens with zero attached hydrogens (tertiary/aromatic N) is 1. The SMILES string of the molecule is CCOCCn1ccc2ccc(CNC(C)(C)C)cc21. The Balaban J connectivity index is 2.12. The lowest BCUT2D eigenvalue weighted by atomic mass is 10.1. The molecule has 3 heteroatoms. The molecular formula is C17H26N2O. The fraction of sp³-hybridized carbons (Fsp3) is 0.529. The lowest BCUT2D eigenvalue weighted by Gasteiger charge is -2.20. The van der Waals surface area contributed by atoms with Crippen molar-refractivity contribution in [3.63, 3.8) is 0 Å². The lowest BCUT2D eigenvalue weighted by Crippen LogP contribution is -2.35. The van der Waals surface area contributed by atoms with Gasteiger partial charge in [-0.25, -0.2) is 0 Å². The van der Waals surface area contributed by atoms with Gasteiger partial charge in [-0.2, -0.15) is 0 Å². The van der Waals surface area contributed by atoms with Gasteiger partial charge in [0.25, 0.3) is 0 Å². The number of hydrogen-bond donors (Lipinski definition) is 1. The van der Waals surface area contributed by atoms with Gasteiger partial charge in [-0.3, -0.25) is 0 Å². The summed E-state index contributed by atoms with van der Waals surface area (Å²) in [5.41, 5.74) is 2.76. The van der Waals surface area contributed by atoms with Crippen LogP contribution < -0.4 is 5.32 Å². The number of hydrogen-bond acceptors (Lipinski definition) is 2. The predicted molar refractivity (Wildman–Crippen MR) is 85.0 cm³/mol. The van der Waals surface area contributed by atoms with Crippen LogP contribution >= 0.6 is 0 Å². The molecule has 1 heterocycles. The van der Waals surface area contributed by atoms with E-state index in [1.54, 1.807) is 0 Å². The molecule has 0 aliphatic heterocycles. The van der Waals surface area contributed by atoms with Crippen LogP contribution in [0, 0.1) is 0 Å². The standard InChI is InChI=1S/C17H26N2O/c1-5-20-11-10-19-9-8-15-7-6-14(12-16(15)19)13-18-17(2,3)4/h6-9,12,18H,5,10-11,13H2,1-4H3. The van der Waals surface area contributed by atoms with Crippen LogP contribution in [0.5, 0.6) is 0 Å². The number of benzene rings is 1. The Morgan fingerprint density at radius 2 is 2.00 bits per heavy atom. The molecule has 3 nitrogen and oxygen atoms in total. The monoisotopic (exact) mass is 274 g/mol. The van der Waals surface area contributed by atoms with Crippen molar-refractivity contribution in [2.45, 2.75) is 46.3 Å². The summed E-state index contributed by atoms with van der Waals surface area (Å²) in [6.45, 7) is 12.0. The second kappa shape index (κ2) is 6.42. The quantitative estimate of drug-likeness (QED) is 0.815. The molecule has 0 radical (unpaired) electrons. The third-order valence-electron chi connectivity index (χ3n) is 3.34. The van der Waals surface area contributed by atoms with Gasteiger partial charge in [-0.05, 0) is 50.8 Å². The van der Waals surface area contributed by atoms with E-state index in [1.807, 2.05) is 6.92 Å². The van der Waals surface area contributed by atoms with Gasteiger partial charge in [0, 0.05) is 36.9 Å². The molecular weight excluding hydrogens is 248 g/mol. The van der Waals surface area contributed by atoms with E-state index in [0.717, 1.165) is 26.3 Å². The van der Waals surface area contributed by atoms with Crippen molar-refractivity contribution in [1.82, 2.24) is 9.88 Å². The summed E-state index contributed by atoms with van der Waals surface area (Å²) in [6.07, 6.45) is 2.14. The molecule has 0 aliphatic carbocycles. The fourth-order valence-electron chi connectivity index (χ4n) is 2.21. The molecule has 2 rings (SSSR count). The number of fused-ring (bicyclic) bond motifs is 1. The molecule has 0 saturated heterocycles. The normalized spacial score (nSPS) is 12.2. The molecule has 20 heavy (non-hydrogen) atoms. The highest BCUT2D eigenvalue weighted by atomic mass is 16.5. The van der Waals surface area contributed by atoms with Crippen LogP contribution in [0.2, 0.25) is 0 Å². The minimum atomic E-state index is 0.145. The Labute approximate surface area is 121 Å². The van der Waals surface area contributed by atoms with Gasteiger partial charge in [-0.15, -0.1) is 0 Å². The van der Waals surface area contributed by atoms with E-state index in [2.05, 4.69) is 61.1 Å². The van der Waals surface area contributed by atoms with E-state index in [1.165, 1.54) is 16.5 Å². The van der Waals surface area contributed by atoms with E-state index in [-0.39, 0.29) is 5.54 Å². The van der Waals surface area contributed by atoms with Gasteiger partial charge in [0.15, 0.2) is 0 Å². The van der Waals surface area contributed by atoms with E-state index in [4.69, 9.17) is 4.74 Å². The Hall–Kier alpha value is -1.32. The first kappa shape index (κ1) is 15.1. The zero-order valence-corrected chi connectivity index (χ0v) is 13.1. The van der Waals surface area contributed by atoms with Gasteiger partial charge >= 0.3 is 0 Å². The highest BCUT2D eigenvalue weighted by Gasteiger charge is 2.09. The van der Waals surface area contributed by atoms with Crippen molar-refractivity contribution in [3.05, 3.63) is 36.0 Å².